The van der Waals surface area contributed by atoms with Crippen molar-refractivity contribution in [2.24, 2.45) is 0 Å². The van der Waals surface area contributed by atoms with Crippen LogP contribution >= 0.6 is 0 Å². The molecule has 0 radical (unpaired) electrons. The van der Waals surface area contributed by atoms with Crippen molar-refractivity contribution in [3.8, 4) is 0 Å². The van der Waals surface area contributed by atoms with Crippen molar-refractivity contribution in [3.63, 3.8) is 0 Å². The van der Waals surface area contributed by atoms with Gasteiger partial charge in [-0.3, -0.25) is 4.79 Å². The molecular formula is C30H35N7O3. The minimum atomic E-state index is -0.359. The maximum atomic E-state index is 13.0. The highest BCUT2D eigenvalue weighted by atomic mass is 16.5. The van der Waals surface area contributed by atoms with E-state index in [0.717, 1.165) is 25.1 Å². The molecule has 5 rings (SSSR count). The zero-order valence-corrected chi connectivity index (χ0v) is 23.3. The number of imidazole rings is 1. The van der Waals surface area contributed by atoms with Crippen LogP contribution in [0.3, 0.4) is 0 Å². The smallest absolute Gasteiger partial charge is 0.338 e. The van der Waals surface area contributed by atoms with Crippen LogP contribution in [0.15, 0.2) is 60.9 Å². The number of fused-ring (bicyclic) bond motifs is 1. The summed E-state index contributed by atoms with van der Waals surface area (Å²) < 4.78 is 6.76. The number of nitrogens with one attached hydrogen (secondary N) is 2. The van der Waals surface area contributed by atoms with Crippen LogP contribution in [0.5, 0.6) is 0 Å². The highest BCUT2D eigenvalue weighted by molar-refractivity contribution is 5.94. The van der Waals surface area contributed by atoms with Gasteiger partial charge in [0.05, 0.1) is 12.2 Å². The first-order valence-electron chi connectivity index (χ1n) is 13.6. The standard InChI is InChI=1S/C30H35N7O3/c1-5-40-28(39)21-10-14-23(15-11-21)32-25-26-31-16-18-37(26)35-29(34-25)36-17-6-7-24(19-36)33-27(38)20-8-12-22(13-9-20)30(2,3)4/h8-16,18,24H,5-7,17,19H2,1-4H3,(H,33,38)(H,32,34,35)/t24-/m1/s1. The monoisotopic (exact) mass is 541 g/mol. The molecule has 10 heteroatoms. The lowest BCUT2D eigenvalue weighted by molar-refractivity contribution is 0.0526. The van der Waals surface area contributed by atoms with E-state index < -0.39 is 0 Å². The predicted molar refractivity (Wildman–Crippen MR) is 154 cm³/mol. The van der Waals surface area contributed by atoms with Crippen LogP contribution in [0, 0.1) is 0 Å². The summed E-state index contributed by atoms with van der Waals surface area (Å²) in [4.78, 5) is 36.3. The Morgan fingerprint density at radius 2 is 1.77 bits per heavy atom. The van der Waals surface area contributed by atoms with Crippen molar-refractivity contribution in [2.45, 2.75) is 52.0 Å². The molecule has 2 N–H and O–H groups in total. The van der Waals surface area contributed by atoms with Crippen molar-refractivity contribution in [1.29, 1.82) is 0 Å². The topological polar surface area (TPSA) is 114 Å². The van der Waals surface area contributed by atoms with Gasteiger partial charge in [0.2, 0.25) is 5.95 Å². The second-order valence-electron chi connectivity index (χ2n) is 11.0. The fraction of sp³-hybridized carbons (Fsp3) is 0.367. The van der Waals surface area contributed by atoms with Crippen molar-refractivity contribution in [1.82, 2.24) is 24.9 Å². The molecule has 4 aromatic rings. The zero-order chi connectivity index (χ0) is 28.3. The Morgan fingerprint density at radius 1 is 1.05 bits per heavy atom. The van der Waals surface area contributed by atoms with Crippen molar-refractivity contribution < 1.29 is 14.3 Å². The maximum Gasteiger partial charge on any atom is 0.338 e. The summed E-state index contributed by atoms with van der Waals surface area (Å²) in [7, 11) is 0. The van der Waals surface area contributed by atoms with E-state index in [9.17, 15) is 9.59 Å². The minimum absolute atomic E-state index is 0.0301. The maximum absolute atomic E-state index is 13.0. The summed E-state index contributed by atoms with van der Waals surface area (Å²) in [6, 6.07) is 14.8. The molecule has 1 aliphatic heterocycles. The molecule has 1 saturated heterocycles. The predicted octanol–water partition coefficient (Wildman–Crippen LogP) is 4.74. The second kappa shape index (κ2) is 11.3. The van der Waals surface area contributed by atoms with E-state index >= 15 is 0 Å². The van der Waals surface area contributed by atoms with Crippen LogP contribution < -0.4 is 15.5 Å². The van der Waals surface area contributed by atoms with Crippen LogP contribution in [-0.2, 0) is 10.2 Å². The van der Waals surface area contributed by atoms with E-state index in [2.05, 4.69) is 46.4 Å². The third-order valence-electron chi connectivity index (χ3n) is 6.95. The van der Waals surface area contributed by atoms with E-state index in [0.29, 0.717) is 41.7 Å². The Kier molecular flexibility index (Phi) is 7.68. The lowest BCUT2D eigenvalue weighted by Crippen LogP contribution is -2.48. The number of rotatable bonds is 7. The number of carbonyl (C=O) groups is 2. The molecule has 208 valence electrons. The van der Waals surface area contributed by atoms with Crippen LogP contribution in [0.4, 0.5) is 17.5 Å². The lowest BCUT2D eigenvalue weighted by atomic mass is 9.86. The van der Waals surface area contributed by atoms with Gasteiger partial charge in [0.1, 0.15) is 0 Å². The number of anilines is 3. The summed E-state index contributed by atoms with van der Waals surface area (Å²) in [6.07, 6.45) is 5.23. The summed E-state index contributed by atoms with van der Waals surface area (Å²) in [5, 5.41) is 11.2. The molecule has 1 atom stereocenters. The third kappa shape index (κ3) is 6.06. The number of nitrogens with zero attached hydrogens (tertiary/aromatic N) is 5. The van der Waals surface area contributed by atoms with E-state index in [4.69, 9.17) is 9.72 Å². The van der Waals surface area contributed by atoms with Gasteiger partial charge in [0.25, 0.3) is 5.91 Å². The first-order valence-corrected chi connectivity index (χ1v) is 13.6. The number of hydrogen-bond acceptors (Lipinski definition) is 8. The van der Waals surface area contributed by atoms with Gasteiger partial charge in [0.15, 0.2) is 11.5 Å². The molecule has 0 unspecified atom stereocenters. The average Bonchev–Trinajstić information content (AvgIpc) is 3.43. The largest absolute Gasteiger partial charge is 0.462 e. The molecule has 1 aliphatic rings. The average molecular weight is 542 g/mol. The molecule has 40 heavy (non-hydrogen) atoms. The Bertz CT molecular complexity index is 1490. The van der Waals surface area contributed by atoms with Crippen LogP contribution in [0.25, 0.3) is 5.65 Å². The molecule has 2 aromatic carbocycles. The number of amides is 1. The second-order valence-corrected chi connectivity index (χ2v) is 11.0. The Labute approximate surface area is 233 Å². The molecule has 3 heterocycles. The highest BCUT2D eigenvalue weighted by Gasteiger charge is 2.25. The number of benzene rings is 2. The molecule has 1 fully saturated rings. The molecule has 10 nitrogen and oxygen atoms in total. The minimum Gasteiger partial charge on any atom is -0.462 e. The number of esters is 1. The van der Waals surface area contributed by atoms with Gasteiger partial charge in [0, 0.05) is 42.8 Å². The molecule has 0 saturated carbocycles. The van der Waals surface area contributed by atoms with E-state index in [1.54, 1.807) is 48.1 Å². The summed E-state index contributed by atoms with van der Waals surface area (Å²) in [6.45, 7) is 9.95. The molecular weight excluding hydrogens is 506 g/mol. The molecule has 1 amide bonds. The first kappa shape index (κ1) is 27.1. The third-order valence-corrected chi connectivity index (χ3v) is 6.95. The van der Waals surface area contributed by atoms with Gasteiger partial charge in [-0.2, -0.15) is 4.98 Å². The number of ether oxygens (including phenoxy) is 1. The fourth-order valence-electron chi connectivity index (χ4n) is 4.74. The van der Waals surface area contributed by atoms with Crippen LogP contribution in [-0.4, -0.2) is 57.2 Å². The normalized spacial score (nSPS) is 15.6. The summed E-state index contributed by atoms with van der Waals surface area (Å²) in [5.74, 6) is 0.656. The number of carbonyl (C=O) groups excluding carboxylic acids is 2. The molecule has 0 spiro atoms. The van der Waals surface area contributed by atoms with E-state index in [1.807, 2.05) is 24.3 Å². The SMILES string of the molecule is CCOC(=O)c1ccc(Nc2nc(N3CCC[C@@H](NC(=O)c4ccc(C(C)(C)C)cc4)C3)nn3ccnc23)cc1. The number of hydrogen-bond donors (Lipinski definition) is 2. The van der Waals surface area contributed by atoms with E-state index in [-0.39, 0.29) is 23.3 Å². The molecule has 0 bridgehead atoms. The fourth-order valence-corrected chi connectivity index (χ4v) is 4.74. The van der Waals surface area contributed by atoms with Gasteiger partial charge in [-0.1, -0.05) is 32.9 Å². The first-order chi connectivity index (χ1) is 19.2. The quantitative estimate of drug-likeness (QED) is 0.323. The van der Waals surface area contributed by atoms with Gasteiger partial charge >= 0.3 is 5.97 Å². The van der Waals surface area contributed by atoms with Gasteiger partial charge < -0.3 is 20.3 Å². The number of aromatic nitrogens is 4. The van der Waals surface area contributed by atoms with Crippen LogP contribution in [0.1, 0.15) is 66.8 Å². The van der Waals surface area contributed by atoms with Crippen molar-refractivity contribution in [2.75, 3.05) is 29.9 Å². The Balaban J connectivity index is 1.30. The Hall–Kier alpha value is -4.47. The van der Waals surface area contributed by atoms with Gasteiger partial charge in [-0.25, -0.2) is 14.3 Å². The van der Waals surface area contributed by atoms with Crippen LogP contribution in [0.2, 0.25) is 0 Å². The van der Waals surface area contributed by atoms with Crippen molar-refractivity contribution in [3.05, 3.63) is 77.6 Å². The summed E-state index contributed by atoms with van der Waals surface area (Å²) in [5.41, 5.74) is 3.70. The van der Waals surface area contributed by atoms with Crippen molar-refractivity contribution >= 4 is 35.0 Å². The van der Waals surface area contributed by atoms with E-state index in [1.165, 1.54) is 5.56 Å². The Morgan fingerprint density at radius 3 is 2.48 bits per heavy atom. The van der Waals surface area contributed by atoms with Gasteiger partial charge in [-0.05, 0) is 67.1 Å². The number of piperidine rings is 1. The highest BCUT2D eigenvalue weighted by Crippen LogP contribution is 2.25. The zero-order valence-electron chi connectivity index (χ0n) is 23.3. The molecule has 0 aliphatic carbocycles. The lowest BCUT2D eigenvalue weighted by Gasteiger charge is -2.33. The molecule has 2 aromatic heterocycles. The summed E-state index contributed by atoms with van der Waals surface area (Å²) >= 11 is 0. The van der Waals surface area contributed by atoms with Gasteiger partial charge in [-0.15, -0.1) is 5.10 Å².